The van der Waals surface area contributed by atoms with Crippen LogP contribution in [-0.4, -0.2) is 135 Å². The molecule has 362 valence electrons. The summed E-state index contributed by atoms with van der Waals surface area (Å²) in [5.41, 5.74) is 4.37. The fourth-order valence-electron chi connectivity index (χ4n) is 8.91. The van der Waals surface area contributed by atoms with Crippen LogP contribution in [0.15, 0.2) is 36.4 Å². The van der Waals surface area contributed by atoms with Crippen molar-refractivity contribution in [2.24, 2.45) is 0 Å². The highest BCUT2D eigenvalue weighted by atomic mass is 16.7. The molecule has 3 aliphatic heterocycles. The van der Waals surface area contributed by atoms with Gasteiger partial charge in [0.25, 0.3) is 0 Å². The Balaban J connectivity index is 1.37. The van der Waals surface area contributed by atoms with Crippen molar-refractivity contribution in [3.8, 4) is 34.8 Å². The minimum Gasteiger partial charge on any atom is -0.463 e. The van der Waals surface area contributed by atoms with Crippen LogP contribution in [0.3, 0.4) is 0 Å². The molecule has 0 N–H and O–H groups in total. The van der Waals surface area contributed by atoms with Gasteiger partial charge in [-0.05, 0) is 59.4 Å². The highest BCUT2D eigenvalue weighted by molar-refractivity contribution is 5.83. The van der Waals surface area contributed by atoms with Crippen LogP contribution in [0.4, 0.5) is 0 Å². The van der Waals surface area contributed by atoms with Crippen molar-refractivity contribution < 1.29 is 90.5 Å². The number of carbonyl (C=O) groups is 8. The molecule has 19 heteroatoms. The smallest absolute Gasteiger partial charge is 0.303 e. The first kappa shape index (κ1) is 50.6. The van der Waals surface area contributed by atoms with Crippen molar-refractivity contribution in [3.63, 3.8) is 0 Å². The van der Waals surface area contributed by atoms with Crippen LogP contribution in [0.25, 0.3) is 11.1 Å². The third-order valence-corrected chi connectivity index (χ3v) is 11.4. The molecule has 3 saturated heterocycles. The summed E-state index contributed by atoms with van der Waals surface area (Å²) in [6.07, 6.45) is -11.7. The Morgan fingerprint density at radius 1 is 0.485 bits per heavy atom. The Hall–Kier alpha value is -6.80. The molecule has 0 bridgehead atoms. The van der Waals surface area contributed by atoms with Crippen molar-refractivity contribution in [3.05, 3.63) is 58.7 Å². The first-order chi connectivity index (χ1) is 32.3. The molecule has 2 aromatic carbocycles. The maximum absolute atomic E-state index is 12.4. The van der Waals surface area contributed by atoms with Gasteiger partial charge < -0.3 is 52.1 Å². The molecule has 0 amide bonds. The predicted molar refractivity (Wildman–Crippen MR) is 230 cm³/mol. The van der Waals surface area contributed by atoms with Crippen molar-refractivity contribution in [1.82, 2.24) is 0 Å². The number of esters is 8. The molecule has 3 heterocycles. The van der Waals surface area contributed by atoms with Crippen LogP contribution in [0.2, 0.25) is 0 Å². The van der Waals surface area contributed by atoms with Crippen LogP contribution in [0, 0.1) is 23.7 Å². The Morgan fingerprint density at radius 3 is 1.16 bits per heavy atom. The average molecular weight is 945 g/mol. The van der Waals surface area contributed by atoms with Crippen LogP contribution >= 0.6 is 0 Å². The normalized spacial score (nSPS) is 26.3. The summed E-state index contributed by atoms with van der Waals surface area (Å²) in [4.78, 5) is 97.6. The summed E-state index contributed by atoms with van der Waals surface area (Å²) in [6, 6.07) is 11.4. The lowest BCUT2D eigenvalue weighted by atomic mass is 9.72. The molecule has 0 saturated carbocycles. The van der Waals surface area contributed by atoms with E-state index in [-0.39, 0.29) is 0 Å². The molecule has 0 aromatic heterocycles. The van der Waals surface area contributed by atoms with E-state index in [2.05, 4.69) is 23.7 Å². The number of ether oxygens (including phenoxy) is 11. The topological polar surface area (TPSA) is 238 Å². The lowest BCUT2D eigenvalue weighted by Gasteiger charge is -2.42. The van der Waals surface area contributed by atoms with Gasteiger partial charge in [-0.1, -0.05) is 35.8 Å². The van der Waals surface area contributed by atoms with Gasteiger partial charge in [0.2, 0.25) is 0 Å². The number of benzene rings is 2. The second-order valence-corrected chi connectivity index (χ2v) is 16.5. The van der Waals surface area contributed by atoms with E-state index in [0.717, 1.165) is 63.8 Å². The molecule has 4 aliphatic rings. The quantitative estimate of drug-likeness (QED) is 0.189. The minimum atomic E-state index is -1.38. The number of fused-ring (bicyclic) bond motifs is 5. The van der Waals surface area contributed by atoms with Crippen molar-refractivity contribution >= 4 is 47.8 Å². The largest absolute Gasteiger partial charge is 0.463 e. The van der Waals surface area contributed by atoms with Gasteiger partial charge in [-0.25, -0.2) is 0 Å². The molecule has 1 spiro atoms. The summed E-state index contributed by atoms with van der Waals surface area (Å²) in [5, 5.41) is 0. The van der Waals surface area contributed by atoms with Gasteiger partial charge in [0.05, 0.1) is 0 Å². The maximum atomic E-state index is 12.4. The second-order valence-electron chi connectivity index (χ2n) is 16.5. The lowest BCUT2D eigenvalue weighted by Crippen LogP contribution is -2.62. The molecule has 68 heavy (non-hydrogen) atoms. The number of rotatable bonds is 10. The van der Waals surface area contributed by atoms with E-state index < -0.39 is 127 Å². The first-order valence-corrected chi connectivity index (χ1v) is 21.8. The molecule has 6 rings (SSSR count). The molecular weight excluding hydrogens is 893 g/mol. The fraction of sp³-hybridized carbons (Fsp3) is 0.510. The maximum Gasteiger partial charge on any atom is 0.303 e. The average Bonchev–Trinajstić information content (AvgIpc) is 3.50. The number of hydrogen-bond donors (Lipinski definition) is 0. The van der Waals surface area contributed by atoms with Gasteiger partial charge in [0.1, 0.15) is 25.4 Å². The number of carbonyl (C=O) groups excluding carboxylic acids is 8. The molecular formula is C49H52O19. The van der Waals surface area contributed by atoms with E-state index in [1.54, 1.807) is 0 Å². The Morgan fingerprint density at radius 2 is 0.824 bits per heavy atom. The molecule has 1 aliphatic carbocycles. The zero-order valence-electron chi connectivity index (χ0n) is 38.7. The summed E-state index contributed by atoms with van der Waals surface area (Å²) in [5.74, 6) is 6.48. The third-order valence-electron chi connectivity index (χ3n) is 11.4. The summed E-state index contributed by atoms with van der Waals surface area (Å²) >= 11 is 0. The minimum absolute atomic E-state index is 0.396. The standard InChI is InChI=1S/C49H52O19/c1-25(50)59-23-41-45(63-29(5)54)47(65-31(7)56)43(61-27(3)52)39(67-41)15-11-33-9-13-35-36-14-10-34(22-38(36)49(37(35)21-33)17-19-58-20-18-49)12-16-40-44(62-28(4)53)48(66-32(8)57)46(64-30(6)55)42(68-40)24-60-26(2)51/h9-10,13-14,21-22,39-48H,17-20,23-24H2,1-8H3/t39-,40?,41-,42-,43-,44-,45-,46-,47-,48-/m1/s1. The van der Waals surface area contributed by atoms with Gasteiger partial charge in [-0.2, -0.15) is 0 Å². The number of hydrogen-bond acceptors (Lipinski definition) is 19. The molecule has 3 fully saturated rings. The van der Waals surface area contributed by atoms with Gasteiger partial charge in [-0.15, -0.1) is 0 Å². The second kappa shape index (κ2) is 21.9. The molecule has 2 aromatic rings. The molecule has 19 nitrogen and oxygen atoms in total. The van der Waals surface area contributed by atoms with E-state index >= 15 is 0 Å². The fourth-order valence-corrected chi connectivity index (χ4v) is 8.91. The lowest BCUT2D eigenvalue weighted by molar-refractivity contribution is -0.243. The Labute approximate surface area is 392 Å². The van der Waals surface area contributed by atoms with E-state index in [1.807, 2.05) is 36.4 Å². The highest BCUT2D eigenvalue weighted by Gasteiger charge is 2.53. The van der Waals surface area contributed by atoms with Gasteiger partial charge in [0, 0.05) is 85.1 Å². The first-order valence-electron chi connectivity index (χ1n) is 21.8. The highest BCUT2D eigenvalue weighted by Crippen LogP contribution is 2.54. The summed E-state index contributed by atoms with van der Waals surface area (Å²) in [7, 11) is 0. The Kier molecular flexibility index (Phi) is 16.3. The van der Waals surface area contributed by atoms with E-state index in [4.69, 9.17) is 52.1 Å². The van der Waals surface area contributed by atoms with Gasteiger partial charge in [-0.3, -0.25) is 38.4 Å². The summed E-state index contributed by atoms with van der Waals surface area (Å²) < 4.78 is 62.0. The molecule has 0 radical (unpaired) electrons. The van der Waals surface area contributed by atoms with Crippen molar-refractivity contribution in [2.45, 2.75) is 135 Å². The molecule has 10 atom stereocenters. The zero-order valence-corrected chi connectivity index (χ0v) is 38.7. The SMILES string of the molecule is CC(=O)OC[C@H]1O[C@H](C#Cc2ccc3c(c2)C2(CCOCC2)c2cc(C#CC4O[C@H](COC(C)=O)[C@@H](OC(C)=O)[C@H](OC(C)=O)[C@@H]4OC(C)=O)ccc2-3)[C@@H](OC(C)=O)[C@@H](OC(C)=O)[C@@H]1OC(C)=O. The van der Waals surface area contributed by atoms with E-state index in [0.29, 0.717) is 37.2 Å². The Bertz CT molecular complexity index is 2280. The van der Waals surface area contributed by atoms with Gasteiger partial charge >= 0.3 is 47.8 Å². The van der Waals surface area contributed by atoms with E-state index in [1.165, 1.54) is 13.8 Å². The van der Waals surface area contributed by atoms with Crippen LogP contribution in [-0.2, 0) is 95.9 Å². The van der Waals surface area contributed by atoms with Gasteiger partial charge in [0.15, 0.2) is 48.8 Å². The summed E-state index contributed by atoms with van der Waals surface area (Å²) in [6.45, 7) is 9.32. The van der Waals surface area contributed by atoms with Crippen molar-refractivity contribution in [1.29, 1.82) is 0 Å². The molecule has 1 unspecified atom stereocenters. The van der Waals surface area contributed by atoms with Crippen LogP contribution in [0.1, 0.15) is 90.5 Å². The van der Waals surface area contributed by atoms with Crippen LogP contribution < -0.4 is 0 Å². The zero-order chi connectivity index (χ0) is 49.4. The monoisotopic (exact) mass is 944 g/mol. The van der Waals surface area contributed by atoms with Crippen molar-refractivity contribution in [2.75, 3.05) is 26.4 Å². The predicted octanol–water partition coefficient (Wildman–Crippen LogP) is 2.72. The van der Waals surface area contributed by atoms with Crippen LogP contribution in [0.5, 0.6) is 0 Å². The van der Waals surface area contributed by atoms with E-state index in [9.17, 15) is 38.4 Å². The third kappa shape index (κ3) is 12.0.